The van der Waals surface area contributed by atoms with Crippen LogP contribution in [-0.2, 0) is 11.3 Å². The van der Waals surface area contributed by atoms with Gasteiger partial charge in [-0.3, -0.25) is 0 Å². The highest BCUT2D eigenvalue weighted by molar-refractivity contribution is 5.88. The van der Waals surface area contributed by atoms with Gasteiger partial charge in [0.2, 0.25) is 0 Å². The van der Waals surface area contributed by atoms with Gasteiger partial charge in [-0.2, -0.15) is 0 Å². The van der Waals surface area contributed by atoms with Gasteiger partial charge in [0.05, 0.1) is 25.5 Å². The Kier molecular flexibility index (Phi) is 4.00. The highest BCUT2D eigenvalue weighted by atomic mass is 16.5. The van der Waals surface area contributed by atoms with Gasteiger partial charge < -0.3 is 9.84 Å². The van der Waals surface area contributed by atoms with Crippen molar-refractivity contribution in [1.29, 1.82) is 0 Å². The molecule has 6 heteroatoms. The van der Waals surface area contributed by atoms with Crippen LogP contribution in [0.4, 0.5) is 0 Å². The lowest BCUT2D eigenvalue weighted by atomic mass is 10.1. The molecule has 0 aliphatic rings. The summed E-state index contributed by atoms with van der Waals surface area (Å²) in [6, 6.07) is 0. The summed E-state index contributed by atoms with van der Waals surface area (Å²) in [6.45, 7) is 5.84. The number of nitrogens with zero attached hydrogens (tertiary/aromatic N) is 3. The number of rotatable bonds is 4. The van der Waals surface area contributed by atoms with Gasteiger partial charge in [-0.15, -0.1) is 5.10 Å². The second-order valence-electron chi connectivity index (χ2n) is 4.00. The van der Waals surface area contributed by atoms with E-state index in [1.807, 2.05) is 13.8 Å². The fourth-order valence-corrected chi connectivity index (χ4v) is 1.52. The summed E-state index contributed by atoms with van der Waals surface area (Å²) in [5, 5.41) is 17.0. The van der Waals surface area contributed by atoms with Crippen LogP contribution in [0.25, 0.3) is 0 Å². The predicted octanol–water partition coefficient (Wildman–Crippen LogP) is 0.569. The predicted molar refractivity (Wildman–Crippen MR) is 57.1 cm³/mol. The van der Waals surface area contributed by atoms with E-state index in [0.29, 0.717) is 12.2 Å². The second-order valence-corrected chi connectivity index (χ2v) is 4.00. The molecule has 1 atom stereocenters. The number of ether oxygens (including phenoxy) is 1. The molecule has 1 unspecified atom stereocenters. The molecular weight excluding hydrogens is 210 g/mol. The zero-order valence-electron chi connectivity index (χ0n) is 9.97. The molecule has 1 N–H and O–H groups in total. The number of aliphatic hydroxyl groups is 1. The zero-order valence-corrected chi connectivity index (χ0v) is 9.97. The van der Waals surface area contributed by atoms with Crippen LogP contribution in [0, 0.1) is 0 Å². The van der Waals surface area contributed by atoms with Crippen LogP contribution in [0.3, 0.4) is 0 Å². The number of hydrogen-bond acceptors (Lipinski definition) is 5. The Morgan fingerprint density at radius 1 is 1.50 bits per heavy atom. The van der Waals surface area contributed by atoms with Crippen molar-refractivity contribution in [3.05, 3.63) is 11.4 Å². The molecule has 0 radical (unpaired) electrons. The molecule has 0 spiro atoms. The molecule has 0 aliphatic heterocycles. The molecule has 0 amide bonds. The number of aromatic nitrogens is 3. The van der Waals surface area contributed by atoms with Gasteiger partial charge in [0, 0.05) is 0 Å². The number of aliphatic hydroxyl groups excluding tert-OH is 1. The number of carbonyl (C=O) groups is 1. The smallest absolute Gasteiger partial charge is 0.360 e. The van der Waals surface area contributed by atoms with Crippen molar-refractivity contribution in [2.75, 3.05) is 7.11 Å². The summed E-state index contributed by atoms with van der Waals surface area (Å²) in [7, 11) is 1.31. The summed E-state index contributed by atoms with van der Waals surface area (Å²) < 4.78 is 6.17. The minimum atomic E-state index is -0.537. The summed E-state index contributed by atoms with van der Waals surface area (Å²) in [6.07, 6.45) is -0.537. The van der Waals surface area contributed by atoms with Crippen molar-refractivity contribution in [2.24, 2.45) is 0 Å². The van der Waals surface area contributed by atoms with Crippen LogP contribution >= 0.6 is 0 Å². The Balaban J connectivity index is 3.11. The Hall–Kier alpha value is -1.43. The third-order valence-electron chi connectivity index (χ3n) is 2.14. The molecule has 90 valence electrons. The fourth-order valence-electron chi connectivity index (χ4n) is 1.52. The maximum absolute atomic E-state index is 11.4. The highest BCUT2D eigenvalue weighted by Gasteiger charge is 2.22. The van der Waals surface area contributed by atoms with Gasteiger partial charge in [-0.05, 0) is 12.8 Å². The van der Waals surface area contributed by atoms with Gasteiger partial charge in [-0.25, -0.2) is 9.48 Å². The Morgan fingerprint density at radius 3 is 2.56 bits per heavy atom. The summed E-state index contributed by atoms with van der Waals surface area (Å²) >= 11 is 0. The van der Waals surface area contributed by atoms with Gasteiger partial charge >= 0.3 is 5.97 Å². The van der Waals surface area contributed by atoms with Crippen molar-refractivity contribution in [1.82, 2.24) is 15.0 Å². The molecule has 1 aromatic rings. The molecule has 1 aromatic heterocycles. The second kappa shape index (κ2) is 5.07. The minimum Gasteiger partial charge on any atom is -0.464 e. The monoisotopic (exact) mass is 227 g/mol. The molecule has 0 saturated carbocycles. The molecule has 1 rings (SSSR count). The van der Waals surface area contributed by atoms with Crippen LogP contribution in [0.15, 0.2) is 0 Å². The first-order chi connectivity index (χ1) is 7.47. The molecule has 0 aromatic carbocycles. The van der Waals surface area contributed by atoms with Gasteiger partial charge in [-0.1, -0.05) is 19.1 Å². The molecule has 0 fully saturated rings. The van der Waals surface area contributed by atoms with Gasteiger partial charge in [0.25, 0.3) is 0 Å². The van der Waals surface area contributed by atoms with Crippen LogP contribution in [0.5, 0.6) is 0 Å². The quantitative estimate of drug-likeness (QED) is 0.761. The van der Waals surface area contributed by atoms with E-state index in [1.54, 1.807) is 11.6 Å². The minimum absolute atomic E-state index is 0.0860. The van der Waals surface area contributed by atoms with Crippen LogP contribution in [0.1, 0.15) is 42.9 Å². The molecule has 0 aliphatic carbocycles. The van der Waals surface area contributed by atoms with Gasteiger partial charge in [0.15, 0.2) is 5.69 Å². The standard InChI is InChI=1S/C10H17N3O3/c1-6(2)9-8(10(15)16-4)11-12-13(9)5-7(3)14/h6-7,14H,5H2,1-4H3. The maximum atomic E-state index is 11.4. The lowest BCUT2D eigenvalue weighted by molar-refractivity contribution is 0.0591. The van der Waals surface area contributed by atoms with E-state index in [0.717, 1.165) is 0 Å². The topological polar surface area (TPSA) is 77.2 Å². The summed E-state index contributed by atoms with van der Waals surface area (Å²) in [5.74, 6) is -0.414. The highest BCUT2D eigenvalue weighted by Crippen LogP contribution is 2.18. The SMILES string of the molecule is COC(=O)c1nnn(CC(C)O)c1C(C)C. The number of carbonyl (C=O) groups excluding carboxylic acids is 1. The zero-order chi connectivity index (χ0) is 12.3. The summed E-state index contributed by atoms with van der Waals surface area (Å²) in [5.41, 5.74) is 0.908. The number of methoxy groups -OCH3 is 1. The Bertz CT molecular complexity index is 371. The van der Waals surface area contributed by atoms with E-state index in [9.17, 15) is 9.90 Å². The largest absolute Gasteiger partial charge is 0.464 e. The maximum Gasteiger partial charge on any atom is 0.360 e. The van der Waals surface area contributed by atoms with Crippen molar-refractivity contribution in [3.63, 3.8) is 0 Å². The lowest BCUT2D eigenvalue weighted by Crippen LogP contribution is -2.17. The van der Waals surface area contributed by atoms with E-state index < -0.39 is 12.1 Å². The van der Waals surface area contributed by atoms with Crippen LogP contribution < -0.4 is 0 Å². The normalized spacial score (nSPS) is 12.9. The van der Waals surface area contributed by atoms with Crippen molar-refractivity contribution < 1.29 is 14.6 Å². The molecule has 0 bridgehead atoms. The molecule has 6 nitrogen and oxygen atoms in total. The third-order valence-corrected chi connectivity index (χ3v) is 2.14. The number of esters is 1. The third kappa shape index (κ3) is 2.57. The Labute approximate surface area is 94.2 Å². The molecule has 16 heavy (non-hydrogen) atoms. The number of hydrogen-bond donors (Lipinski definition) is 1. The average Bonchev–Trinajstić information content (AvgIpc) is 2.59. The van der Waals surface area contributed by atoms with E-state index in [2.05, 4.69) is 15.0 Å². The van der Waals surface area contributed by atoms with E-state index in [1.165, 1.54) is 7.11 Å². The van der Waals surface area contributed by atoms with E-state index in [4.69, 9.17) is 0 Å². The molecular formula is C10H17N3O3. The fraction of sp³-hybridized carbons (Fsp3) is 0.700. The van der Waals surface area contributed by atoms with Crippen molar-refractivity contribution >= 4 is 5.97 Å². The molecule has 1 heterocycles. The van der Waals surface area contributed by atoms with E-state index in [-0.39, 0.29) is 11.6 Å². The van der Waals surface area contributed by atoms with Crippen molar-refractivity contribution in [2.45, 2.75) is 39.3 Å². The first-order valence-electron chi connectivity index (χ1n) is 5.17. The first-order valence-corrected chi connectivity index (χ1v) is 5.17. The van der Waals surface area contributed by atoms with Crippen LogP contribution in [-0.4, -0.2) is 39.3 Å². The van der Waals surface area contributed by atoms with Crippen molar-refractivity contribution in [3.8, 4) is 0 Å². The average molecular weight is 227 g/mol. The van der Waals surface area contributed by atoms with Gasteiger partial charge in [0.1, 0.15) is 0 Å². The van der Waals surface area contributed by atoms with Crippen LogP contribution in [0.2, 0.25) is 0 Å². The molecule has 0 saturated heterocycles. The Morgan fingerprint density at radius 2 is 2.12 bits per heavy atom. The lowest BCUT2D eigenvalue weighted by Gasteiger charge is -2.11. The first kappa shape index (κ1) is 12.6. The summed E-state index contributed by atoms with van der Waals surface area (Å²) in [4.78, 5) is 11.4. The van der Waals surface area contributed by atoms with E-state index >= 15 is 0 Å².